The molecule has 0 aliphatic heterocycles. The number of carbonyl (C=O) groups excluding carboxylic acids is 2. The number of hydrogen-bond acceptors (Lipinski definition) is 4. The maximum atomic E-state index is 12.4. The lowest BCUT2D eigenvalue weighted by molar-refractivity contribution is -0.114. The summed E-state index contributed by atoms with van der Waals surface area (Å²) in [4.78, 5) is 23.4. The predicted octanol–water partition coefficient (Wildman–Crippen LogP) is 3.36. The molecule has 3 rings (SSSR count). The summed E-state index contributed by atoms with van der Waals surface area (Å²) in [5.41, 5.74) is 2.61. The van der Waals surface area contributed by atoms with Gasteiger partial charge < -0.3 is 10.1 Å². The number of anilines is 1. The van der Waals surface area contributed by atoms with Crippen molar-refractivity contribution in [3.8, 4) is 11.4 Å². The topological polar surface area (TPSA) is 73.2 Å². The number of esters is 1. The fourth-order valence-corrected chi connectivity index (χ4v) is 2.41. The highest BCUT2D eigenvalue weighted by molar-refractivity contribution is 5.92. The zero-order chi connectivity index (χ0) is 17.8. The monoisotopic (exact) mass is 335 g/mol. The molecule has 0 aliphatic carbocycles. The van der Waals surface area contributed by atoms with E-state index in [2.05, 4.69) is 10.4 Å². The van der Waals surface area contributed by atoms with Crippen molar-refractivity contribution in [2.24, 2.45) is 0 Å². The highest BCUT2D eigenvalue weighted by Crippen LogP contribution is 2.19. The van der Waals surface area contributed by atoms with Crippen molar-refractivity contribution in [1.29, 1.82) is 0 Å². The summed E-state index contributed by atoms with van der Waals surface area (Å²) in [6, 6.07) is 16.2. The number of nitrogens with one attached hydrogen (secondary N) is 1. The molecule has 2 aromatic carbocycles. The molecule has 1 amide bonds. The molecule has 0 aliphatic rings. The molecule has 3 aromatic rings. The van der Waals surface area contributed by atoms with Crippen LogP contribution in [0.2, 0.25) is 0 Å². The molecule has 6 heteroatoms. The molecule has 1 heterocycles. The lowest BCUT2D eigenvalue weighted by Crippen LogP contribution is -2.10. The molecule has 0 radical (unpaired) electrons. The molecule has 1 N–H and O–H groups in total. The molecule has 0 saturated heterocycles. The van der Waals surface area contributed by atoms with E-state index in [1.165, 1.54) is 13.1 Å². The number of carbonyl (C=O) groups is 2. The van der Waals surface area contributed by atoms with Crippen LogP contribution < -0.4 is 10.1 Å². The van der Waals surface area contributed by atoms with E-state index in [9.17, 15) is 9.59 Å². The number of hydrogen-bond donors (Lipinski definition) is 1. The molecule has 0 bridgehead atoms. The SMILES string of the molecule is CC(=O)Nc1ccc(OC(=O)c2cnn(-c3ccccc3)c2C)cc1. The van der Waals surface area contributed by atoms with E-state index in [4.69, 9.17) is 4.74 Å². The van der Waals surface area contributed by atoms with Crippen LogP contribution >= 0.6 is 0 Å². The lowest BCUT2D eigenvalue weighted by atomic mass is 10.2. The van der Waals surface area contributed by atoms with E-state index in [1.54, 1.807) is 28.9 Å². The normalized spacial score (nSPS) is 10.3. The van der Waals surface area contributed by atoms with Crippen LogP contribution in [0, 0.1) is 6.92 Å². The molecule has 126 valence electrons. The predicted molar refractivity (Wildman–Crippen MR) is 94.0 cm³/mol. The Bertz CT molecular complexity index is 899. The minimum atomic E-state index is -0.480. The smallest absolute Gasteiger partial charge is 0.347 e. The maximum Gasteiger partial charge on any atom is 0.347 e. The number of benzene rings is 2. The Morgan fingerprint density at radius 2 is 1.72 bits per heavy atom. The molecular formula is C19H17N3O3. The first-order chi connectivity index (χ1) is 12.0. The van der Waals surface area contributed by atoms with E-state index >= 15 is 0 Å². The molecule has 0 saturated carbocycles. The van der Waals surface area contributed by atoms with Crippen LogP contribution in [0.1, 0.15) is 23.0 Å². The summed E-state index contributed by atoms with van der Waals surface area (Å²) in [5.74, 6) is -0.244. The van der Waals surface area contributed by atoms with Crippen LogP contribution in [0.5, 0.6) is 5.75 Å². The molecular weight excluding hydrogens is 318 g/mol. The van der Waals surface area contributed by atoms with Gasteiger partial charge in [-0.3, -0.25) is 4.79 Å². The second kappa shape index (κ2) is 7.00. The number of ether oxygens (including phenoxy) is 1. The van der Waals surface area contributed by atoms with Gasteiger partial charge in [0, 0.05) is 12.6 Å². The van der Waals surface area contributed by atoms with E-state index in [-0.39, 0.29) is 5.91 Å². The van der Waals surface area contributed by atoms with Gasteiger partial charge >= 0.3 is 5.97 Å². The highest BCUT2D eigenvalue weighted by atomic mass is 16.5. The van der Waals surface area contributed by atoms with Gasteiger partial charge in [0.1, 0.15) is 11.3 Å². The molecule has 1 aromatic heterocycles. The summed E-state index contributed by atoms with van der Waals surface area (Å²) in [7, 11) is 0. The Morgan fingerprint density at radius 1 is 1.04 bits per heavy atom. The second-order valence-corrected chi connectivity index (χ2v) is 5.49. The number of rotatable bonds is 4. The van der Waals surface area contributed by atoms with Crippen molar-refractivity contribution >= 4 is 17.6 Å². The van der Waals surface area contributed by atoms with Gasteiger partial charge in [-0.05, 0) is 43.3 Å². The molecule has 0 unspecified atom stereocenters. The fourth-order valence-electron chi connectivity index (χ4n) is 2.41. The first kappa shape index (κ1) is 16.4. The van der Waals surface area contributed by atoms with E-state index in [1.807, 2.05) is 37.3 Å². The van der Waals surface area contributed by atoms with E-state index in [0.29, 0.717) is 22.7 Å². The van der Waals surface area contributed by atoms with E-state index in [0.717, 1.165) is 5.69 Å². The minimum absolute atomic E-state index is 0.159. The summed E-state index contributed by atoms with van der Waals surface area (Å²) >= 11 is 0. The lowest BCUT2D eigenvalue weighted by Gasteiger charge is -2.07. The number of nitrogens with zero attached hydrogens (tertiary/aromatic N) is 2. The van der Waals surface area contributed by atoms with Crippen LogP contribution in [0.4, 0.5) is 5.69 Å². The standard InChI is InChI=1S/C19H17N3O3/c1-13-18(12-20-22(13)16-6-4-3-5-7-16)19(24)25-17-10-8-15(9-11-17)21-14(2)23/h3-12H,1-2H3,(H,21,23). The van der Waals surface area contributed by atoms with Crippen LogP contribution in [0.15, 0.2) is 60.8 Å². The number of aromatic nitrogens is 2. The third kappa shape index (κ3) is 3.74. The van der Waals surface area contributed by atoms with Crippen LogP contribution in [-0.2, 0) is 4.79 Å². The van der Waals surface area contributed by atoms with Crippen LogP contribution in [0.3, 0.4) is 0 Å². The first-order valence-electron chi connectivity index (χ1n) is 7.74. The summed E-state index contributed by atoms with van der Waals surface area (Å²) in [6.07, 6.45) is 1.50. The Hall–Kier alpha value is -3.41. The third-order valence-electron chi connectivity index (χ3n) is 3.62. The molecule has 0 spiro atoms. The van der Waals surface area contributed by atoms with Gasteiger partial charge in [0.25, 0.3) is 0 Å². The number of para-hydroxylation sites is 1. The molecule has 0 atom stereocenters. The van der Waals surface area contributed by atoms with Crippen LogP contribution in [-0.4, -0.2) is 21.7 Å². The Kier molecular flexibility index (Phi) is 4.61. The minimum Gasteiger partial charge on any atom is -0.423 e. The van der Waals surface area contributed by atoms with Crippen molar-refractivity contribution in [2.75, 3.05) is 5.32 Å². The molecule has 0 fully saturated rings. The van der Waals surface area contributed by atoms with Gasteiger partial charge in [0.05, 0.1) is 17.6 Å². The Labute approximate surface area is 145 Å². The maximum absolute atomic E-state index is 12.4. The average Bonchev–Trinajstić information content (AvgIpc) is 2.98. The first-order valence-corrected chi connectivity index (χ1v) is 7.74. The van der Waals surface area contributed by atoms with Crippen molar-refractivity contribution in [3.05, 3.63) is 72.1 Å². The number of amides is 1. The van der Waals surface area contributed by atoms with Gasteiger partial charge in [0.2, 0.25) is 5.91 Å². The highest BCUT2D eigenvalue weighted by Gasteiger charge is 2.17. The quantitative estimate of drug-likeness (QED) is 0.586. The van der Waals surface area contributed by atoms with Gasteiger partial charge in [-0.2, -0.15) is 5.10 Å². The van der Waals surface area contributed by atoms with Gasteiger partial charge in [-0.15, -0.1) is 0 Å². The zero-order valence-corrected chi connectivity index (χ0v) is 13.9. The summed E-state index contributed by atoms with van der Waals surface area (Å²) in [6.45, 7) is 3.25. The largest absolute Gasteiger partial charge is 0.423 e. The van der Waals surface area contributed by atoms with Crippen molar-refractivity contribution in [3.63, 3.8) is 0 Å². The second-order valence-electron chi connectivity index (χ2n) is 5.49. The Balaban J connectivity index is 1.76. The van der Waals surface area contributed by atoms with Gasteiger partial charge in [-0.1, -0.05) is 18.2 Å². The Morgan fingerprint density at radius 3 is 2.36 bits per heavy atom. The van der Waals surface area contributed by atoms with Crippen molar-refractivity contribution in [2.45, 2.75) is 13.8 Å². The summed E-state index contributed by atoms with van der Waals surface area (Å²) in [5, 5.41) is 6.92. The van der Waals surface area contributed by atoms with Crippen molar-refractivity contribution < 1.29 is 14.3 Å². The van der Waals surface area contributed by atoms with Crippen molar-refractivity contribution in [1.82, 2.24) is 9.78 Å². The molecule has 25 heavy (non-hydrogen) atoms. The zero-order valence-electron chi connectivity index (χ0n) is 13.9. The fraction of sp³-hybridized carbons (Fsp3) is 0.105. The van der Waals surface area contributed by atoms with Gasteiger partial charge in [0.15, 0.2) is 0 Å². The third-order valence-corrected chi connectivity index (χ3v) is 3.62. The average molecular weight is 335 g/mol. The summed E-state index contributed by atoms with van der Waals surface area (Å²) < 4.78 is 7.08. The van der Waals surface area contributed by atoms with Crippen LogP contribution in [0.25, 0.3) is 5.69 Å². The van der Waals surface area contributed by atoms with Gasteiger partial charge in [-0.25, -0.2) is 9.48 Å². The van der Waals surface area contributed by atoms with E-state index < -0.39 is 5.97 Å². The molecule has 6 nitrogen and oxygen atoms in total.